The number of amides is 1. The monoisotopic (exact) mass is 574 g/mol. The minimum Gasteiger partial charge on any atom is -0.393 e. The molecule has 2 aliphatic heterocycles. The number of nitrogens with one attached hydrogen (secondary N) is 3. The van der Waals surface area contributed by atoms with Crippen LogP contribution in [-0.2, 0) is 19.5 Å². The second-order valence-electron chi connectivity index (χ2n) is 10.5. The SMILES string of the molecule is O=C(Nc1ccc(S(=O)(=O)N2CCOCC2)cc1)c1cnc(NCC2CCOCC2)nc1N[C@H]1CC[C@H](O)CC1. The van der Waals surface area contributed by atoms with E-state index in [4.69, 9.17) is 9.47 Å². The molecule has 3 aliphatic rings. The maximum atomic E-state index is 13.3. The second kappa shape index (κ2) is 13.2. The van der Waals surface area contributed by atoms with Gasteiger partial charge in [-0.2, -0.15) is 9.29 Å². The first kappa shape index (κ1) is 28.7. The Morgan fingerprint density at radius 2 is 1.65 bits per heavy atom. The van der Waals surface area contributed by atoms with Crippen LogP contribution >= 0.6 is 0 Å². The summed E-state index contributed by atoms with van der Waals surface area (Å²) in [5.74, 6) is 0.943. The summed E-state index contributed by atoms with van der Waals surface area (Å²) < 4.78 is 37.9. The number of aromatic nitrogens is 2. The van der Waals surface area contributed by atoms with Gasteiger partial charge in [-0.1, -0.05) is 0 Å². The molecule has 0 radical (unpaired) electrons. The molecule has 0 unspecified atom stereocenters. The number of anilines is 3. The van der Waals surface area contributed by atoms with E-state index in [2.05, 4.69) is 25.9 Å². The third kappa shape index (κ3) is 7.26. The number of hydrogen-bond acceptors (Lipinski definition) is 10. The standard InChI is InChI=1S/C27H38N6O6S/c34-22-5-1-20(2-6-22)30-25-24(18-29-27(32-25)28-17-19-9-13-38-14-10-19)26(35)31-21-3-7-23(8-4-21)40(36,37)33-11-15-39-16-12-33/h3-4,7-8,18-20,22,34H,1-2,5-6,9-17H2,(H,31,35)(H2,28,29,30,32)/t20-,22-. The van der Waals surface area contributed by atoms with Crippen molar-refractivity contribution < 1.29 is 27.8 Å². The summed E-state index contributed by atoms with van der Waals surface area (Å²) in [5, 5.41) is 19.4. The largest absolute Gasteiger partial charge is 0.393 e. The molecule has 3 heterocycles. The molecule has 218 valence electrons. The Morgan fingerprint density at radius 3 is 2.35 bits per heavy atom. The van der Waals surface area contributed by atoms with E-state index in [9.17, 15) is 18.3 Å². The van der Waals surface area contributed by atoms with Gasteiger partial charge in [-0.05, 0) is 68.7 Å². The molecule has 13 heteroatoms. The van der Waals surface area contributed by atoms with Crippen LogP contribution < -0.4 is 16.0 Å². The number of morpholine rings is 1. The van der Waals surface area contributed by atoms with Gasteiger partial charge in [0.15, 0.2) is 0 Å². The van der Waals surface area contributed by atoms with Gasteiger partial charge in [-0.15, -0.1) is 0 Å². The molecule has 12 nitrogen and oxygen atoms in total. The van der Waals surface area contributed by atoms with Crippen molar-refractivity contribution in [2.75, 3.05) is 62.0 Å². The summed E-state index contributed by atoms with van der Waals surface area (Å²) >= 11 is 0. The number of carbonyl (C=O) groups is 1. The number of aliphatic hydroxyl groups excluding tert-OH is 1. The van der Waals surface area contributed by atoms with Crippen molar-refractivity contribution >= 4 is 33.4 Å². The molecule has 0 spiro atoms. The summed E-state index contributed by atoms with van der Waals surface area (Å²) in [6.45, 7) is 3.62. The Kier molecular flexibility index (Phi) is 9.48. The molecule has 1 aromatic carbocycles. The fourth-order valence-electron chi connectivity index (χ4n) is 5.19. The number of aliphatic hydroxyl groups is 1. The van der Waals surface area contributed by atoms with Gasteiger partial charge in [0.05, 0.1) is 24.2 Å². The van der Waals surface area contributed by atoms with Crippen LogP contribution in [0.3, 0.4) is 0 Å². The highest BCUT2D eigenvalue weighted by Crippen LogP contribution is 2.25. The number of rotatable bonds is 9. The molecule has 1 aromatic heterocycles. The van der Waals surface area contributed by atoms with E-state index in [0.29, 0.717) is 62.5 Å². The van der Waals surface area contributed by atoms with Crippen LogP contribution in [-0.4, -0.2) is 91.9 Å². The van der Waals surface area contributed by atoms with Crippen molar-refractivity contribution in [2.24, 2.45) is 5.92 Å². The zero-order valence-corrected chi connectivity index (χ0v) is 23.4. The van der Waals surface area contributed by atoms with E-state index in [-0.39, 0.29) is 22.6 Å². The van der Waals surface area contributed by atoms with Gasteiger partial charge in [0.2, 0.25) is 16.0 Å². The molecule has 0 bridgehead atoms. The Bertz CT molecular complexity index is 1240. The first-order valence-electron chi connectivity index (χ1n) is 14.0. The highest BCUT2D eigenvalue weighted by atomic mass is 32.2. The number of sulfonamides is 1. The summed E-state index contributed by atoms with van der Waals surface area (Å²) in [6.07, 6.45) is 6.11. The highest BCUT2D eigenvalue weighted by Gasteiger charge is 2.27. The first-order valence-corrected chi connectivity index (χ1v) is 15.4. The van der Waals surface area contributed by atoms with Crippen LogP contribution in [0, 0.1) is 5.92 Å². The van der Waals surface area contributed by atoms with E-state index in [1.54, 1.807) is 12.1 Å². The van der Waals surface area contributed by atoms with Crippen molar-refractivity contribution in [1.82, 2.24) is 14.3 Å². The Hall–Kier alpha value is -2.84. The fraction of sp³-hybridized carbons (Fsp3) is 0.593. The summed E-state index contributed by atoms with van der Waals surface area (Å²) in [5.41, 5.74) is 0.743. The van der Waals surface area contributed by atoms with Crippen molar-refractivity contribution in [1.29, 1.82) is 0 Å². The molecule has 1 saturated carbocycles. The van der Waals surface area contributed by atoms with E-state index in [0.717, 1.165) is 45.4 Å². The minimum absolute atomic E-state index is 0.0814. The lowest BCUT2D eigenvalue weighted by molar-refractivity contribution is 0.0699. The van der Waals surface area contributed by atoms with Crippen LogP contribution in [0.2, 0.25) is 0 Å². The lowest BCUT2D eigenvalue weighted by Crippen LogP contribution is -2.40. The Labute approximate surface area is 234 Å². The minimum atomic E-state index is -3.63. The lowest BCUT2D eigenvalue weighted by atomic mass is 9.93. The Balaban J connectivity index is 1.29. The van der Waals surface area contributed by atoms with Gasteiger partial charge in [-0.25, -0.2) is 13.4 Å². The number of hydrogen-bond donors (Lipinski definition) is 4. The molecule has 1 aliphatic carbocycles. The molecular formula is C27H38N6O6S. The first-order chi connectivity index (χ1) is 19.4. The van der Waals surface area contributed by atoms with Gasteiger partial charge >= 0.3 is 0 Å². The quantitative estimate of drug-likeness (QED) is 0.351. The zero-order valence-electron chi connectivity index (χ0n) is 22.5. The second-order valence-corrected chi connectivity index (χ2v) is 12.5. The fourth-order valence-corrected chi connectivity index (χ4v) is 6.60. The van der Waals surface area contributed by atoms with Crippen molar-refractivity contribution in [2.45, 2.75) is 55.6 Å². The number of ether oxygens (including phenoxy) is 2. The zero-order chi connectivity index (χ0) is 28.0. The molecule has 4 N–H and O–H groups in total. The van der Waals surface area contributed by atoms with E-state index < -0.39 is 15.9 Å². The van der Waals surface area contributed by atoms with Crippen LogP contribution in [0.4, 0.5) is 17.5 Å². The molecule has 40 heavy (non-hydrogen) atoms. The van der Waals surface area contributed by atoms with Crippen LogP contribution in [0.15, 0.2) is 35.4 Å². The number of carbonyl (C=O) groups excluding carboxylic acids is 1. The highest BCUT2D eigenvalue weighted by molar-refractivity contribution is 7.89. The predicted molar refractivity (Wildman–Crippen MR) is 150 cm³/mol. The summed E-state index contributed by atoms with van der Waals surface area (Å²) in [7, 11) is -3.63. The molecular weight excluding hydrogens is 536 g/mol. The Morgan fingerprint density at radius 1 is 0.975 bits per heavy atom. The van der Waals surface area contributed by atoms with Crippen LogP contribution in [0.5, 0.6) is 0 Å². The number of nitrogens with zero attached hydrogens (tertiary/aromatic N) is 3. The molecule has 0 atom stereocenters. The van der Waals surface area contributed by atoms with Gasteiger partial charge in [0.25, 0.3) is 5.91 Å². The molecule has 2 saturated heterocycles. The molecule has 5 rings (SSSR count). The smallest absolute Gasteiger partial charge is 0.260 e. The van der Waals surface area contributed by atoms with E-state index >= 15 is 0 Å². The van der Waals surface area contributed by atoms with E-state index in [1.165, 1.54) is 22.6 Å². The third-order valence-corrected chi connectivity index (χ3v) is 9.59. The normalized spacial score (nSPS) is 22.9. The molecule has 2 aromatic rings. The maximum absolute atomic E-state index is 13.3. The molecule has 1 amide bonds. The van der Waals surface area contributed by atoms with Crippen molar-refractivity contribution in [3.05, 3.63) is 36.0 Å². The number of benzene rings is 1. The summed E-state index contributed by atoms with van der Waals surface area (Å²) in [6, 6.07) is 6.22. The average Bonchev–Trinajstić information content (AvgIpc) is 2.98. The topological polar surface area (TPSA) is 155 Å². The summed E-state index contributed by atoms with van der Waals surface area (Å²) in [4.78, 5) is 22.5. The van der Waals surface area contributed by atoms with Gasteiger partial charge in [-0.3, -0.25) is 4.79 Å². The average molecular weight is 575 g/mol. The predicted octanol–water partition coefficient (Wildman–Crippen LogP) is 2.30. The van der Waals surface area contributed by atoms with E-state index in [1.807, 2.05) is 0 Å². The van der Waals surface area contributed by atoms with Crippen LogP contribution in [0.1, 0.15) is 48.9 Å². The van der Waals surface area contributed by atoms with Gasteiger partial charge in [0.1, 0.15) is 11.4 Å². The maximum Gasteiger partial charge on any atom is 0.260 e. The van der Waals surface area contributed by atoms with Crippen molar-refractivity contribution in [3.63, 3.8) is 0 Å². The van der Waals surface area contributed by atoms with Crippen LogP contribution in [0.25, 0.3) is 0 Å². The lowest BCUT2D eigenvalue weighted by Gasteiger charge is -2.27. The molecule has 3 fully saturated rings. The van der Waals surface area contributed by atoms with Crippen molar-refractivity contribution in [3.8, 4) is 0 Å². The van der Waals surface area contributed by atoms with Gasteiger partial charge in [0, 0.05) is 50.8 Å². The third-order valence-electron chi connectivity index (χ3n) is 7.68. The van der Waals surface area contributed by atoms with Gasteiger partial charge < -0.3 is 30.5 Å².